The van der Waals surface area contributed by atoms with Gasteiger partial charge in [-0.3, -0.25) is 0 Å². The van der Waals surface area contributed by atoms with Gasteiger partial charge < -0.3 is 4.74 Å². The molecule has 1 aliphatic rings. The monoisotopic (exact) mass is 338 g/mol. The average Bonchev–Trinajstić information content (AvgIpc) is 2.91. The topological polar surface area (TPSA) is 60.4 Å². The quantitative estimate of drug-likeness (QED) is 0.768. The van der Waals surface area contributed by atoms with Gasteiger partial charge in [0.2, 0.25) is 0 Å². The maximum atomic E-state index is 12.3. The summed E-state index contributed by atoms with van der Waals surface area (Å²) in [7, 11) is -2.07. The molecular weight excluding hydrogens is 312 g/mol. The van der Waals surface area contributed by atoms with Crippen molar-refractivity contribution in [2.75, 3.05) is 13.4 Å². The fourth-order valence-electron chi connectivity index (χ4n) is 3.64. The minimum atomic E-state index is -3.40. The molecule has 2 atom stereocenters. The molecule has 0 aromatic heterocycles. The Morgan fingerprint density at radius 3 is 2.48 bits per heavy atom. The molecule has 23 heavy (non-hydrogen) atoms. The predicted octanol–water partition coefficient (Wildman–Crippen LogP) is 3.73. The molecule has 0 radical (unpaired) electrons. The van der Waals surface area contributed by atoms with Crippen molar-refractivity contribution >= 4 is 15.8 Å². The molecule has 0 saturated heterocycles. The van der Waals surface area contributed by atoms with Crippen molar-refractivity contribution in [3.05, 3.63) is 28.8 Å². The summed E-state index contributed by atoms with van der Waals surface area (Å²) in [5, 5.41) is 0. The van der Waals surface area contributed by atoms with Crippen molar-refractivity contribution in [1.29, 1.82) is 0 Å². The first-order valence-electron chi connectivity index (χ1n) is 8.24. The highest BCUT2D eigenvalue weighted by molar-refractivity contribution is 7.90. The number of ether oxygens (including phenoxy) is 1. The molecule has 1 aromatic rings. The second-order valence-electron chi connectivity index (χ2n) is 6.58. The second kappa shape index (κ2) is 7.04. The SMILES string of the molecule is CCCc1cc(C2CCCC2C)c(S(C)(=O)=O)cc1C(=O)OC. The molecule has 1 fully saturated rings. The van der Waals surface area contributed by atoms with Crippen LogP contribution in [0.2, 0.25) is 0 Å². The van der Waals surface area contributed by atoms with Crippen molar-refractivity contribution in [2.24, 2.45) is 5.92 Å². The van der Waals surface area contributed by atoms with E-state index in [0.717, 1.165) is 43.2 Å². The summed E-state index contributed by atoms with van der Waals surface area (Å²) in [6.07, 6.45) is 6.09. The van der Waals surface area contributed by atoms with E-state index >= 15 is 0 Å². The van der Waals surface area contributed by atoms with Crippen LogP contribution >= 0.6 is 0 Å². The van der Waals surface area contributed by atoms with E-state index < -0.39 is 15.8 Å². The summed E-state index contributed by atoms with van der Waals surface area (Å²) in [6.45, 7) is 4.22. The zero-order chi connectivity index (χ0) is 17.2. The predicted molar refractivity (Wildman–Crippen MR) is 90.6 cm³/mol. The molecule has 0 amide bonds. The Morgan fingerprint density at radius 1 is 1.30 bits per heavy atom. The van der Waals surface area contributed by atoms with Gasteiger partial charge in [0, 0.05) is 6.26 Å². The van der Waals surface area contributed by atoms with Crippen molar-refractivity contribution in [1.82, 2.24) is 0 Å². The van der Waals surface area contributed by atoms with Crippen LogP contribution < -0.4 is 0 Å². The van der Waals surface area contributed by atoms with Crippen LogP contribution in [0.15, 0.2) is 17.0 Å². The summed E-state index contributed by atoms with van der Waals surface area (Å²) >= 11 is 0. The average molecular weight is 338 g/mol. The number of hydrogen-bond acceptors (Lipinski definition) is 4. The molecule has 0 heterocycles. The fraction of sp³-hybridized carbons (Fsp3) is 0.611. The molecule has 2 rings (SSSR count). The number of aryl methyl sites for hydroxylation is 1. The molecule has 1 aromatic carbocycles. The van der Waals surface area contributed by atoms with E-state index in [0.29, 0.717) is 11.5 Å². The highest BCUT2D eigenvalue weighted by Gasteiger charge is 2.31. The van der Waals surface area contributed by atoms with E-state index in [1.54, 1.807) is 0 Å². The Bertz CT molecular complexity index is 691. The highest BCUT2D eigenvalue weighted by atomic mass is 32.2. The summed E-state index contributed by atoms with van der Waals surface area (Å²) < 4.78 is 29.4. The van der Waals surface area contributed by atoms with Crippen molar-refractivity contribution in [3.8, 4) is 0 Å². The molecule has 2 unspecified atom stereocenters. The Hall–Kier alpha value is -1.36. The lowest BCUT2D eigenvalue weighted by Crippen LogP contribution is -2.14. The van der Waals surface area contributed by atoms with Crippen molar-refractivity contribution in [2.45, 2.75) is 56.8 Å². The van der Waals surface area contributed by atoms with Crippen LogP contribution in [0, 0.1) is 5.92 Å². The number of sulfone groups is 1. The first-order valence-corrected chi connectivity index (χ1v) is 10.1. The van der Waals surface area contributed by atoms with E-state index in [9.17, 15) is 13.2 Å². The number of benzene rings is 1. The maximum absolute atomic E-state index is 12.3. The van der Waals surface area contributed by atoms with Crippen LogP contribution in [-0.2, 0) is 21.0 Å². The first-order chi connectivity index (χ1) is 10.8. The molecule has 0 N–H and O–H groups in total. The Balaban J connectivity index is 2.68. The van der Waals surface area contributed by atoms with Gasteiger partial charge in [-0.1, -0.05) is 39.2 Å². The third-order valence-electron chi connectivity index (χ3n) is 4.82. The molecule has 5 heteroatoms. The molecule has 0 aliphatic heterocycles. The zero-order valence-electron chi connectivity index (χ0n) is 14.4. The minimum Gasteiger partial charge on any atom is -0.465 e. The normalized spacial score (nSPS) is 21.4. The van der Waals surface area contributed by atoms with Gasteiger partial charge in [0.1, 0.15) is 0 Å². The van der Waals surface area contributed by atoms with Crippen LogP contribution in [0.5, 0.6) is 0 Å². The van der Waals surface area contributed by atoms with Gasteiger partial charge in [-0.2, -0.15) is 0 Å². The van der Waals surface area contributed by atoms with E-state index in [2.05, 4.69) is 6.92 Å². The van der Waals surface area contributed by atoms with E-state index in [4.69, 9.17) is 4.74 Å². The van der Waals surface area contributed by atoms with Crippen LogP contribution in [0.25, 0.3) is 0 Å². The summed E-state index contributed by atoms with van der Waals surface area (Å²) in [4.78, 5) is 12.4. The Morgan fingerprint density at radius 2 is 2.00 bits per heavy atom. The fourth-order valence-corrected chi connectivity index (χ4v) is 4.61. The minimum absolute atomic E-state index is 0.252. The number of rotatable bonds is 5. The van der Waals surface area contributed by atoms with Gasteiger partial charge in [-0.15, -0.1) is 0 Å². The third-order valence-corrected chi connectivity index (χ3v) is 5.97. The number of hydrogen-bond donors (Lipinski definition) is 0. The van der Waals surface area contributed by atoms with Crippen LogP contribution in [-0.4, -0.2) is 27.8 Å². The van der Waals surface area contributed by atoms with Crippen molar-refractivity contribution < 1.29 is 17.9 Å². The number of methoxy groups -OCH3 is 1. The third kappa shape index (κ3) is 3.77. The zero-order valence-corrected chi connectivity index (χ0v) is 15.2. The number of carbonyl (C=O) groups is 1. The molecular formula is C18H26O4S. The highest BCUT2D eigenvalue weighted by Crippen LogP contribution is 2.42. The van der Waals surface area contributed by atoms with Crippen molar-refractivity contribution in [3.63, 3.8) is 0 Å². The standard InChI is InChI=1S/C18H26O4S/c1-5-7-13-10-16(14-9-6-8-12(14)2)17(23(4,20)21)11-15(13)18(19)22-3/h10-12,14H,5-9H2,1-4H3. The number of esters is 1. The van der Waals surface area contributed by atoms with E-state index in [1.807, 2.05) is 13.0 Å². The van der Waals surface area contributed by atoms with Gasteiger partial charge in [0.05, 0.1) is 17.6 Å². The maximum Gasteiger partial charge on any atom is 0.338 e. The number of carbonyl (C=O) groups excluding carboxylic acids is 1. The van der Waals surface area contributed by atoms with Gasteiger partial charge in [0.25, 0.3) is 0 Å². The van der Waals surface area contributed by atoms with Gasteiger partial charge in [-0.25, -0.2) is 13.2 Å². The lowest BCUT2D eigenvalue weighted by Gasteiger charge is -2.21. The lowest BCUT2D eigenvalue weighted by atomic mass is 9.87. The van der Waals surface area contributed by atoms with Gasteiger partial charge in [-0.05, 0) is 41.9 Å². The molecule has 1 aliphatic carbocycles. The summed E-state index contributed by atoms with van der Waals surface area (Å²) in [5.74, 6) is 0.250. The molecule has 1 saturated carbocycles. The summed E-state index contributed by atoms with van der Waals surface area (Å²) in [5.41, 5.74) is 2.15. The second-order valence-corrected chi connectivity index (χ2v) is 8.56. The van der Waals surface area contributed by atoms with Crippen LogP contribution in [0.1, 0.15) is 66.9 Å². The Labute approximate surface area is 139 Å². The lowest BCUT2D eigenvalue weighted by molar-refractivity contribution is 0.0599. The van der Waals surface area contributed by atoms with Gasteiger partial charge in [0.15, 0.2) is 9.84 Å². The molecule has 4 nitrogen and oxygen atoms in total. The first kappa shape index (κ1) is 18.0. The largest absolute Gasteiger partial charge is 0.465 e. The van der Waals surface area contributed by atoms with E-state index in [1.165, 1.54) is 19.4 Å². The molecule has 128 valence electrons. The summed E-state index contributed by atoms with van der Waals surface area (Å²) in [6, 6.07) is 3.48. The molecule has 0 bridgehead atoms. The smallest absolute Gasteiger partial charge is 0.338 e. The van der Waals surface area contributed by atoms with Gasteiger partial charge >= 0.3 is 5.97 Å². The van der Waals surface area contributed by atoms with E-state index in [-0.39, 0.29) is 10.8 Å². The van der Waals surface area contributed by atoms with Crippen LogP contribution in [0.4, 0.5) is 0 Å². The molecule has 0 spiro atoms. The Kier molecular flexibility index (Phi) is 5.50. The van der Waals surface area contributed by atoms with Crippen LogP contribution in [0.3, 0.4) is 0 Å².